The summed E-state index contributed by atoms with van der Waals surface area (Å²) in [6.45, 7) is 2.67. The molecule has 0 saturated carbocycles. The van der Waals surface area contributed by atoms with E-state index in [1.807, 2.05) is 60.7 Å². The molecule has 0 radical (unpaired) electrons. The summed E-state index contributed by atoms with van der Waals surface area (Å²) in [5.74, 6) is 3.26. The van der Waals surface area contributed by atoms with Crippen molar-refractivity contribution in [1.29, 1.82) is 0 Å². The minimum absolute atomic E-state index is 0.158. The first kappa shape index (κ1) is 37.3. The lowest BCUT2D eigenvalue weighted by Crippen LogP contribution is -2.32. The van der Waals surface area contributed by atoms with Crippen molar-refractivity contribution in [3.63, 3.8) is 0 Å². The van der Waals surface area contributed by atoms with Crippen molar-refractivity contribution >= 4 is 0 Å². The lowest BCUT2D eigenvalue weighted by atomic mass is 9.72. The minimum Gasteiger partial charge on any atom is -0.457 e. The van der Waals surface area contributed by atoms with E-state index in [2.05, 4.69) is 84.9 Å². The van der Waals surface area contributed by atoms with Gasteiger partial charge in [0.05, 0.1) is 13.2 Å². The van der Waals surface area contributed by atoms with Crippen molar-refractivity contribution in [3.05, 3.63) is 157 Å². The molecule has 0 N–H and O–H groups in total. The molecule has 9 rings (SSSR count). The monoisotopic (exact) mass is 758 g/mol. The molecule has 57 heavy (non-hydrogen) atoms. The Hall–Kier alpha value is -5.24. The zero-order valence-electron chi connectivity index (χ0n) is 32.4. The van der Waals surface area contributed by atoms with E-state index in [9.17, 15) is 0 Å². The molecule has 6 heteroatoms. The van der Waals surface area contributed by atoms with Crippen molar-refractivity contribution in [1.82, 2.24) is 0 Å². The first-order valence-corrected chi connectivity index (χ1v) is 20.6. The molecule has 2 heterocycles. The first-order chi connectivity index (χ1) is 28.2. The van der Waals surface area contributed by atoms with Crippen LogP contribution in [0.15, 0.2) is 146 Å². The largest absolute Gasteiger partial charge is 0.457 e. The summed E-state index contributed by atoms with van der Waals surface area (Å²) >= 11 is 0. The third kappa shape index (κ3) is 8.56. The highest BCUT2D eigenvalue weighted by molar-refractivity contribution is 5.86. The second-order valence-electron chi connectivity index (χ2n) is 15.3. The van der Waals surface area contributed by atoms with E-state index in [0.717, 1.165) is 98.7 Å². The van der Waals surface area contributed by atoms with Crippen LogP contribution >= 0.6 is 0 Å². The number of benzene rings is 6. The molecule has 0 amide bonds. The molecule has 6 nitrogen and oxygen atoms in total. The minimum atomic E-state index is -0.368. The van der Waals surface area contributed by atoms with E-state index in [-0.39, 0.29) is 18.0 Å². The number of rotatable bonds is 14. The molecule has 0 bridgehead atoms. The average Bonchev–Trinajstić information content (AvgIpc) is 3.53. The van der Waals surface area contributed by atoms with Gasteiger partial charge >= 0.3 is 0 Å². The molecule has 0 aromatic heterocycles. The standard InChI is InChI=1S/C51H50O6/c1-3-11-41(12-4-1)56-43-23-17-37(18-24-43)39-21-27-45-46-28-22-40(38-19-25-44(26-20-38)57-42-13-5-2-6-14-42)36-48(46)51(47(45)35-39,29-33-54-49-15-7-9-31-52-49)30-34-55-50-16-8-10-32-53-50/h1-6,11-14,17-28,35-36,49-50H,7-10,15-16,29-34H2. The lowest BCUT2D eigenvalue weighted by Gasteiger charge is -2.34. The summed E-state index contributed by atoms with van der Waals surface area (Å²) < 4.78 is 37.4. The van der Waals surface area contributed by atoms with E-state index in [4.69, 9.17) is 28.4 Å². The Morgan fingerprint density at radius 2 is 0.842 bits per heavy atom. The number of hydrogen-bond donors (Lipinski definition) is 0. The second kappa shape index (κ2) is 17.5. The normalized spacial score (nSPS) is 18.4. The Labute approximate surface area is 336 Å². The molecule has 2 aliphatic heterocycles. The summed E-state index contributed by atoms with van der Waals surface area (Å²) in [4.78, 5) is 0. The molecule has 3 aliphatic rings. The molecule has 0 spiro atoms. The topological polar surface area (TPSA) is 55.4 Å². The number of ether oxygens (including phenoxy) is 6. The molecule has 290 valence electrons. The summed E-state index contributed by atoms with van der Waals surface area (Å²) in [7, 11) is 0. The Bertz CT molecular complexity index is 2050. The Balaban J connectivity index is 1.07. The summed E-state index contributed by atoms with van der Waals surface area (Å²) in [6, 6.07) is 50.6. The van der Waals surface area contributed by atoms with Crippen LogP contribution in [0.25, 0.3) is 33.4 Å². The SMILES string of the molecule is c1ccc(Oc2ccc(-c3ccc4c(c3)C(CCOC3CCCCO3)(CCOC3CCCCO3)c3cc(-c5ccc(Oc6ccccc6)cc5)ccc3-4)cc2)cc1. The summed E-state index contributed by atoms with van der Waals surface area (Å²) in [5, 5.41) is 0. The Kier molecular flexibility index (Phi) is 11.5. The highest BCUT2D eigenvalue weighted by Crippen LogP contribution is 2.55. The first-order valence-electron chi connectivity index (χ1n) is 20.6. The fourth-order valence-electron chi connectivity index (χ4n) is 8.61. The van der Waals surface area contributed by atoms with Gasteiger partial charge in [-0.05, 0) is 157 Å². The van der Waals surface area contributed by atoms with Crippen molar-refractivity contribution < 1.29 is 28.4 Å². The molecule has 2 saturated heterocycles. The lowest BCUT2D eigenvalue weighted by molar-refractivity contribution is -0.168. The molecule has 6 aromatic carbocycles. The number of hydrogen-bond acceptors (Lipinski definition) is 6. The maximum atomic E-state index is 6.53. The smallest absolute Gasteiger partial charge is 0.157 e. The predicted octanol–water partition coefficient (Wildman–Crippen LogP) is 12.7. The number of fused-ring (bicyclic) bond motifs is 3. The quantitative estimate of drug-likeness (QED) is 0.110. The zero-order chi connectivity index (χ0) is 38.3. The molecule has 2 fully saturated rings. The van der Waals surface area contributed by atoms with Crippen LogP contribution in [0.4, 0.5) is 0 Å². The van der Waals surface area contributed by atoms with Crippen molar-refractivity contribution in [3.8, 4) is 56.4 Å². The third-order valence-electron chi connectivity index (χ3n) is 11.6. The van der Waals surface area contributed by atoms with Gasteiger partial charge in [-0.25, -0.2) is 0 Å². The van der Waals surface area contributed by atoms with E-state index < -0.39 is 0 Å². The molecule has 1 aliphatic carbocycles. The fourth-order valence-corrected chi connectivity index (χ4v) is 8.61. The maximum Gasteiger partial charge on any atom is 0.157 e. The van der Waals surface area contributed by atoms with Crippen LogP contribution in [-0.2, 0) is 24.4 Å². The maximum absolute atomic E-state index is 6.53. The molecule has 2 atom stereocenters. The Morgan fingerprint density at radius 1 is 0.439 bits per heavy atom. The van der Waals surface area contributed by atoms with Crippen molar-refractivity contribution in [2.24, 2.45) is 0 Å². The van der Waals surface area contributed by atoms with E-state index >= 15 is 0 Å². The summed E-state index contributed by atoms with van der Waals surface area (Å²) in [6.07, 6.45) is 7.59. The predicted molar refractivity (Wildman–Crippen MR) is 225 cm³/mol. The zero-order valence-corrected chi connectivity index (χ0v) is 32.4. The summed E-state index contributed by atoms with van der Waals surface area (Å²) in [5.41, 5.74) is 9.39. The van der Waals surface area contributed by atoms with Crippen LogP contribution in [0, 0.1) is 0 Å². The van der Waals surface area contributed by atoms with Crippen molar-refractivity contribution in [2.75, 3.05) is 26.4 Å². The van der Waals surface area contributed by atoms with Crippen LogP contribution in [0.1, 0.15) is 62.5 Å². The number of para-hydroxylation sites is 2. The molecular weight excluding hydrogens is 709 g/mol. The van der Waals surface area contributed by atoms with Gasteiger partial charge in [-0.2, -0.15) is 0 Å². The van der Waals surface area contributed by atoms with Crippen molar-refractivity contribution in [2.45, 2.75) is 69.4 Å². The van der Waals surface area contributed by atoms with Crippen LogP contribution < -0.4 is 9.47 Å². The van der Waals surface area contributed by atoms with E-state index in [1.165, 1.54) is 33.4 Å². The van der Waals surface area contributed by atoms with Gasteiger partial charge in [0.15, 0.2) is 12.6 Å². The van der Waals surface area contributed by atoms with Gasteiger partial charge in [-0.15, -0.1) is 0 Å². The van der Waals surface area contributed by atoms with Crippen LogP contribution in [0.5, 0.6) is 23.0 Å². The van der Waals surface area contributed by atoms with Crippen LogP contribution in [-0.4, -0.2) is 39.0 Å². The van der Waals surface area contributed by atoms with Gasteiger partial charge in [-0.3, -0.25) is 0 Å². The van der Waals surface area contributed by atoms with Gasteiger partial charge in [0.1, 0.15) is 23.0 Å². The fraction of sp³-hybridized carbons (Fsp3) is 0.294. The second-order valence-corrected chi connectivity index (χ2v) is 15.3. The third-order valence-corrected chi connectivity index (χ3v) is 11.6. The van der Waals surface area contributed by atoms with Gasteiger partial charge in [0.2, 0.25) is 0 Å². The van der Waals surface area contributed by atoms with Gasteiger partial charge < -0.3 is 28.4 Å². The Morgan fingerprint density at radius 3 is 1.25 bits per heavy atom. The van der Waals surface area contributed by atoms with E-state index in [0.29, 0.717) is 13.2 Å². The molecule has 2 unspecified atom stereocenters. The molecular formula is C51H50O6. The van der Waals surface area contributed by atoms with Crippen LogP contribution in [0.3, 0.4) is 0 Å². The van der Waals surface area contributed by atoms with Crippen LogP contribution in [0.2, 0.25) is 0 Å². The highest BCUT2D eigenvalue weighted by Gasteiger charge is 2.43. The van der Waals surface area contributed by atoms with Gasteiger partial charge in [-0.1, -0.05) is 84.9 Å². The van der Waals surface area contributed by atoms with Gasteiger partial charge in [0.25, 0.3) is 0 Å². The van der Waals surface area contributed by atoms with E-state index in [1.54, 1.807) is 0 Å². The van der Waals surface area contributed by atoms with Gasteiger partial charge in [0, 0.05) is 18.6 Å². The molecule has 6 aromatic rings. The average molecular weight is 759 g/mol. The highest BCUT2D eigenvalue weighted by atomic mass is 16.7.